The first kappa shape index (κ1) is 15.0. The van der Waals surface area contributed by atoms with Crippen molar-refractivity contribution in [1.82, 2.24) is 9.62 Å². The van der Waals surface area contributed by atoms with Gasteiger partial charge >= 0.3 is 0 Å². The van der Waals surface area contributed by atoms with Gasteiger partial charge in [0.15, 0.2) is 0 Å². The van der Waals surface area contributed by atoms with Crippen LogP contribution < -0.4 is 4.72 Å². The Morgan fingerprint density at radius 3 is 2.59 bits per heavy atom. The van der Waals surface area contributed by atoms with Crippen molar-refractivity contribution in [3.05, 3.63) is 35.4 Å². The number of nitrogens with one attached hydrogen (secondary N) is 1. The van der Waals surface area contributed by atoms with Crippen molar-refractivity contribution in [2.75, 3.05) is 12.9 Å². The normalized spacial score (nSPS) is 23.6. The fraction of sp³-hybridized carbons (Fsp3) is 0.429. The van der Waals surface area contributed by atoms with Crippen LogP contribution in [-0.4, -0.2) is 44.1 Å². The van der Waals surface area contributed by atoms with E-state index in [2.05, 4.69) is 0 Å². The smallest absolute Gasteiger partial charge is 0.260 e. The number of hydrogen-bond acceptors (Lipinski definition) is 5. The predicted octanol–water partition coefficient (Wildman–Crippen LogP) is -0.0654. The third kappa shape index (κ3) is 2.71. The second-order valence-corrected chi connectivity index (χ2v) is 7.20. The van der Waals surface area contributed by atoms with Crippen LogP contribution in [0.3, 0.4) is 0 Å². The molecule has 1 aromatic carbocycles. The minimum Gasteiger partial charge on any atom is -0.368 e. The summed E-state index contributed by atoms with van der Waals surface area (Å²) in [4.78, 5) is 26.2. The van der Waals surface area contributed by atoms with E-state index in [1.54, 1.807) is 12.1 Å². The number of benzene rings is 1. The molecule has 0 bridgehead atoms. The summed E-state index contributed by atoms with van der Waals surface area (Å²) in [5, 5.41) is 0. The summed E-state index contributed by atoms with van der Waals surface area (Å²) in [7, 11) is -3.69. The van der Waals surface area contributed by atoms with Crippen LogP contribution in [0.5, 0.6) is 0 Å². The number of amides is 2. The summed E-state index contributed by atoms with van der Waals surface area (Å²) in [5.41, 5.74) is 1.49. The monoisotopic (exact) mass is 324 g/mol. The topological polar surface area (TPSA) is 92.8 Å². The molecule has 0 aromatic heterocycles. The Balaban J connectivity index is 1.92. The van der Waals surface area contributed by atoms with Gasteiger partial charge < -0.3 is 9.64 Å². The molecule has 2 heterocycles. The fourth-order valence-electron chi connectivity index (χ4n) is 2.73. The van der Waals surface area contributed by atoms with Gasteiger partial charge in [-0.3, -0.25) is 14.3 Å². The first-order valence-electron chi connectivity index (χ1n) is 6.88. The van der Waals surface area contributed by atoms with Gasteiger partial charge in [-0.15, -0.1) is 0 Å². The van der Waals surface area contributed by atoms with E-state index in [0.29, 0.717) is 18.6 Å². The van der Waals surface area contributed by atoms with Gasteiger partial charge in [0.05, 0.1) is 12.9 Å². The van der Waals surface area contributed by atoms with E-state index in [9.17, 15) is 18.0 Å². The molecule has 2 amide bonds. The van der Waals surface area contributed by atoms with E-state index < -0.39 is 28.1 Å². The van der Waals surface area contributed by atoms with E-state index in [1.165, 1.54) is 4.90 Å². The zero-order chi connectivity index (χ0) is 15.9. The maximum absolute atomic E-state index is 12.4. The van der Waals surface area contributed by atoms with E-state index in [0.717, 1.165) is 11.8 Å². The van der Waals surface area contributed by atoms with Crippen molar-refractivity contribution in [1.29, 1.82) is 0 Å². The summed E-state index contributed by atoms with van der Waals surface area (Å²) in [6.07, 6.45) is 0.988. The van der Waals surface area contributed by atoms with Crippen LogP contribution in [0.15, 0.2) is 24.3 Å². The number of hydrogen-bond donors (Lipinski definition) is 1. The first-order valence-corrected chi connectivity index (χ1v) is 8.77. The number of carbonyl (C=O) groups is 2. The van der Waals surface area contributed by atoms with E-state index in [-0.39, 0.29) is 12.5 Å². The second kappa shape index (κ2) is 5.36. The Morgan fingerprint density at radius 1 is 1.32 bits per heavy atom. The molecule has 0 radical (unpaired) electrons. The van der Waals surface area contributed by atoms with Crippen molar-refractivity contribution in [3.63, 3.8) is 0 Å². The predicted molar refractivity (Wildman–Crippen MR) is 77.1 cm³/mol. The highest BCUT2D eigenvalue weighted by Gasteiger charge is 2.42. The molecule has 7 nitrogen and oxygen atoms in total. The molecule has 3 rings (SSSR count). The second-order valence-electron chi connectivity index (χ2n) is 5.45. The van der Waals surface area contributed by atoms with E-state index >= 15 is 0 Å². The molecule has 0 saturated carbocycles. The molecule has 1 aromatic rings. The highest BCUT2D eigenvalue weighted by Crippen LogP contribution is 2.35. The van der Waals surface area contributed by atoms with Crippen LogP contribution in [0, 0.1) is 0 Å². The van der Waals surface area contributed by atoms with Crippen LogP contribution in [0.1, 0.15) is 23.6 Å². The summed E-state index contributed by atoms with van der Waals surface area (Å²) in [6.45, 7) is 0.800. The molecular formula is C14H16N2O5S. The lowest BCUT2D eigenvalue weighted by atomic mass is 10.0. The largest absolute Gasteiger partial charge is 0.368 e. The van der Waals surface area contributed by atoms with E-state index in [1.807, 2.05) is 16.9 Å². The Morgan fingerprint density at radius 2 is 2.00 bits per heavy atom. The summed E-state index contributed by atoms with van der Waals surface area (Å²) in [6, 6.07) is 6.19. The number of sulfonamides is 1. The molecule has 2 atom stereocenters. The lowest BCUT2D eigenvalue weighted by molar-refractivity contribution is -0.160. The van der Waals surface area contributed by atoms with Crippen LogP contribution in [0.4, 0.5) is 0 Å². The molecule has 2 unspecified atom stereocenters. The van der Waals surface area contributed by atoms with Gasteiger partial charge in [0, 0.05) is 13.0 Å². The van der Waals surface area contributed by atoms with Crippen molar-refractivity contribution in [2.24, 2.45) is 0 Å². The summed E-state index contributed by atoms with van der Waals surface area (Å²) >= 11 is 0. The Kier molecular flexibility index (Phi) is 3.65. The van der Waals surface area contributed by atoms with Gasteiger partial charge in [-0.25, -0.2) is 8.42 Å². The van der Waals surface area contributed by atoms with Gasteiger partial charge in [-0.05, 0) is 11.1 Å². The number of rotatable bonds is 3. The van der Waals surface area contributed by atoms with Crippen molar-refractivity contribution < 1.29 is 22.7 Å². The zero-order valence-corrected chi connectivity index (χ0v) is 12.8. The van der Waals surface area contributed by atoms with Gasteiger partial charge in [-0.2, -0.15) is 0 Å². The molecule has 1 N–H and O–H groups in total. The number of fused-ring (bicyclic) bond motifs is 1. The fourth-order valence-corrected chi connectivity index (χ4v) is 3.21. The molecular weight excluding hydrogens is 308 g/mol. The highest BCUT2D eigenvalue weighted by atomic mass is 32.2. The van der Waals surface area contributed by atoms with Crippen LogP contribution in [-0.2, 0) is 30.9 Å². The molecule has 2 aliphatic heterocycles. The minimum absolute atomic E-state index is 0.275. The maximum atomic E-state index is 12.4. The van der Waals surface area contributed by atoms with Crippen molar-refractivity contribution >= 4 is 21.8 Å². The Labute approximate surface area is 128 Å². The van der Waals surface area contributed by atoms with Crippen molar-refractivity contribution in [3.8, 4) is 0 Å². The maximum Gasteiger partial charge on any atom is 0.260 e. The Hall–Kier alpha value is -1.93. The summed E-state index contributed by atoms with van der Waals surface area (Å²) in [5.74, 6) is -1.00. The van der Waals surface area contributed by atoms with E-state index in [4.69, 9.17) is 4.74 Å². The summed E-state index contributed by atoms with van der Waals surface area (Å²) < 4.78 is 29.8. The number of carbonyl (C=O) groups excluding carboxylic acids is 2. The van der Waals surface area contributed by atoms with Crippen molar-refractivity contribution in [2.45, 2.75) is 25.1 Å². The minimum atomic E-state index is -3.69. The van der Waals surface area contributed by atoms with Gasteiger partial charge in [-0.1, -0.05) is 24.3 Å². The standard InChI is InChI=1S/C14H16N2O5S/c1-22(19,20)15-13(17)12-10-5-3-2-4-9(10)8-16(12)14(18)11-6-7-21-11/h2-5,11-12H,6-8H2,1H3,(H,15,17). The van der Waals surface area contributed by atoms with Gasteiger partial charge in [0.1, 0.15) is 12.1 Å². The first-order chi connectivity index (χ1) is 10.4. The highest BCUT2D eigenvalue weighted by molar-refractivity contribution is 7.89. The van der Waals surface area contributed by atoms with Crippen LogP contribution in [0.25, 0.3) is 0 Å². The third-order valence-corrected chi connectivity index (χ3v) is 4.37. The molecule has 22 heavy (non-hydrogen) atoms. The zero-order valence-electron chi connectivity index (χ0n) is 12.0. The molecule has 118 valence electrons. The third-order valence-electron chi connectivity index (χ3n) is 3.79. The SMILES string of the molecule is CS(=O)(=O)NC(=O)C1c2ccccc2CN1C(=O)C1CCO1. The molecule has 1 saturated heterocycles. The average Bonchev–Trinajstić information content (AvgIpc) is 2.73. The van der Waals surface area contributed by atoms with Gasteiger partial charge in [0.25, 0.3) is 11.8 Å². The molecule has 0 aliphatic carbocycles. The number of ether oxygens (including phenoxy) is 1. The molecule has 8 heteroatoms. The number of nitrogens with zero attached hydrogens (tertiary/aromatic N) is 1. The van der Waals surface area contributed by atoms with Gasteiger partial charge in [0.2, 0.25) is 10.0 Å². The lowest BCUT2D eigenvalue weighted by Gasteiger charge is -2.32. The molecule has 2 aliphatic rings. The molecule has 0 spiro atoms. The Bertz CT molecular complexity index is 727. The quantitative estimate of drug-likeness (QED) is 0.840. The lowest BCUT2D eigenvalue weighted by Crippen LogP contribution is -2.48. The molecule has 1 fully saturated rings. The van der Waals surface area contributed by atoms with Crippen LogP contribution in [0.2, 0.25) is 0 Å². The van der Waals surface area contributed by atoms with Crippen LogP contribution >= 0.6 is 0 Å². The average molecular weight is 324 g/mol.